The van der Waals surface area contributed by atoms with E-state index in [1.165, 1.54) is 5.56 Å². The number of nitrogens with zero attached hydrogens (tertiary/aromatic N) is 1. The molecule has 3 aromatic rings. The van der Waals surface area contributed by atoms with Crippen molar-refractivity contribution in [3.05, 3.63) is 95.6 Å². The Morgan fingerprint density at radius 1 is 0.862 bits per heavy atom. The minimum absolute atomic E-state index is 0.258. The molecule has 0 bridgehead atoms. The van der Waals surface area contributed by atoms with E-state index >= 15 is 0 Å². The lowest BCUT2D eigenvalue weighted by Crippen LogP contribution is -2.35. The Bertz CT molecular complexity index is 882. The highest BCUT2D eigenvalue weighted by Crippen LogP contribution is 2.18. The lowest BCUT2D eigenvalue weighted by molar-refractivity contribution is 0.0626. The van der Waals surface area contributed by atoms with Crippen molar-refractivity contribution in [1.82, 2.24) is 4.90 Å². The van der Waals surface area contributed by atoms with Gasteiger partial charge in [0.2, 0.25) is 0 Å². The number of rotatable bonds is 10. The molecule has 0 aliphatic heterocycles. The lowest BCUT2D eigenvalue weighted by Gasteiger charge is -2.26. The molecule has 0 aliphatic carbocycles. The third kappa shape index (κ3) is 6.63. The van der Waals surface area contributed by atoms with Gasteiger partial charge in [0.05, 0.1) is 7.11 Å². The third-order valence-corrected chi connectivity index (χ3v) is 4.78. The van der Waals surface area contributed by atoms with Gasteiger partial charge in [0.25, 0.3) is 0 Å². The summed E-state index contributed by atoms with van der Waals surface area (Å²) in [6, 6.07) is 26.2. The van der Waals surface area contributed by atoms with Crippen molar-refractivity contribution in [1.29, 1.82) is 0 Å². The van der Waals surface area contributed by atoms with E-state index in [1.807, 2.05) is 67.6 Å². The molecule has 0 saturated carbocycles. The average molecular weight is 392 g/mol. The van der Waals surface area contributed by atoms with Crippen LogP contribution in [0.15, 0.2) is 78.9 Å². The van der Waals surface area contributed by atoms with Gasteiger partial charge in [-0.3, -0.25) is 4.90 Å². The Balaban J connectivity index is 1.65. The predicted molar refractivity (Wildman–Crippen MR) is 116 cm³/mol. The van der Waals surface area contributed by atoms with E-state index in [0.29, 0.717) is 13.1 Å². The Morgan fingerprint density at radius 3 is 2.31 bits per heavy atom. The summed E-state index contributed by atoms with van der Waals surface area (Å²) in [5, 5.41) is 10.6. The van der Waals surface area contributed by atoms with Crippen LogP contribution in [0.4, 0.5) is 0 Å². The minimum atomic E-state index is -0.594. The smallest absolute Gasteiger partial charge is 0.122 e. The fourth-order valence-electron chi connectivity index (χ4n) is 3.31. The summed E-state index contributed by atoms with van der Waals surface area (Å²) in [4.78, 5) is 2.23. The van der Waals surface area contributed by atoms with Crippen LogP contribution in [0.25, 0.3) is 0 Å². The molecule has 1 unspecified atom stereocenters. The Labute approximate surface area is 173 Å². The molecule has 1 atom stereocenters. The Kier molecular flexibility index (Phi) is 7.68. The summed E-state index contributed by atoms with van der Waals surface area (Å²) in [5.41, 5.74) is 3.42. The molecule has 1 N–H and O–H groups in total. The molecule has 29 heavy (non-hydrogen) atoms. The van der Waals surface area contributed by atoms with Gasteiger partial charge in [-0.05, 0) is 41.8 Å². The fourth-order valence-corrected chi connectivity index (χ4v) is 3.31. The maximum atomic E-state index is 10.6. The second-order valence-corrected chi connectivity index (χ2v) is 7.24. The van der Waals surface area contributed by atoms with Crippen LogP contribution in [0.1, 0.15) is 16.7 Å². The van der Waals surface area contributed by atoms with Gasteiger partial charge in [0, 0.05) is 19.6 Å². The molecule has 0 aliphatic rings. The second kappa shape index (κ2) is 10.6. The quantitative estimate of drug-likeness (QED) is 0.555. The van der Waals surface area contributed by atoms with Gasteiger partial charge < -0.3 is 14.6 Å². The molecular weight excluding hydrogens is 362 g/mol. The highest BCUT2D eigenvalue weighted by atomic mass is 16.5. The van der Waals surface area contributed by atoms with Crippen molar-refractivity contribution in [2.24, 2.45) is 0 Å². The molecule has 0 spiro atoms. The van der Waals surface area contributed by atoms with Crippen LogP contribution in [0.3, 0.4) is 0 Å². The Hall–Kier alpha value is -2.82. The SMILES string of the molecule is COc1cccc(CN(Cc2ccccc2)CC(O)COc2ccccc2C)c1. The number of aliphatic hydroxyl groups excluding tert-OH is 1. The highest BCUT2D eigenvalue weighted by Gasteiger charge is 2.15. The van der Waals surface area contributed by atoms with Crippen molar-refractivity contribution < 1.29 is 14.6 Å². The van der Waals surface area contributed by atoms with Crippen molar-refractivity contribution in [2.45, 2.75) is 26.1 Å². The van der Waals surface area contributed by atoms with E-state index in [1.54, 1.807) is 7.11 Å². The summed E-state index contributed by atoms with van der Waals surface area (Å²) in [5.74, 6) is 1.65. The maximum absolute atomic E-state index is 10.6. The maximum Gasteiger partial charge on any atom is 0.122 e. The molecule has 0 radical (unpaired) electrons. The number of para-hydroxylation sites is 1. The summed E-state index contributed by atoms with van der Waals surface area (Å²) in [6.45, 7) is 4.24. The first-order chi connectivity index (χ1) is 14.1. The van der Waals surface area contributed by atoms with Crippen LogP contribution >= 0.6 is 0 Å². The molecule has 3 rings (SSSR count). The summed E-state index contributed by atoms with van der Waals surface area (Å²) in [7, 11) is 1.67. The monoisotopic (exact) mass is 391 g/mol. The van der Waals surface area contributed by atoms with Gasteiger partial charge in [-0.1, -0.05) is 60.7 Å². The van der Waals surface area contributed by atoms with E-state index in [-0.39, 0.29) is 6.61 Å². The number of aryl methyl sites for hydroxylation is 1. The first-order valence-corrected chi connectivity index (χ1v) is 9.90. The molecule has 0 saturated heterocycles. The van der Waals surface area contributed by atoms with Crippen LogP contribution in [0.5, 0.6) is 11.5 Å². The van der Waals surface area contributed by atoms with Gasteiger partial charge in [0.1, 0.15) is 24.2 Å². The molecule has 4 nitrogen and oxygen atoms in total. The highest BCUT2D eigenvalue weighted by molar-refractivity contribution is 5.31. The lowest BCUT2D eigenvalue weighted by atomic mass is 10.1. The van der Waals surface area contributed by atoms with Crippen molar-refractivity contribution in [3.8, 4) is 11.5 Å². The zero-order valence-corrected chi connectivity index (χ0v) is 17.1. The molecular formula is C25H29NO3. The van der Waals surface area contributed by atoms with Gasteiger partial charge in [-0.15, -0.1) is 0 Å². The van der Waals surface area contributed by atoms with E-state index in [2.05, 4.69) is 23.1 Å². The average Bonchev–Trinajstić information content (AvgIpc) is 2.74. The van der Waals surface area contributed by atoms with Crippen LogP contribution < -0.4 is 9.47 Å². The molecule has 0 amide bonds. The van der Waals surface area contributed by atoms with E-state index in [0.717, 1.165) is 29.2 Å². The molecule has 0 heterocycles. The van der Waals surface area contributed by atoms with Gasteiger partial charge in [-0.2, -0.15) is 0 Å². The van der Waals surface area contributed by atoms with Gasteiger partial charge in [-0.25, -0.2) is 0 Å². The zero-order chi connectivity index (χ0) is 20.5. The van der Waals surface area contributed by atoms with E-state index in [9.17, 15) is 5.11 Å². The van der Waals surface area contributed by atoms with E-state index < -0.39 is 6.10 Å². The number of hydrogen-bond donors (Lipinski definition) is 1. The summed E-state index contributed by atoms with van der Waals surface area (Å²) in [6.07, 6.45) is -0.594. The van der Waals surface area contributed by atoms with Gasteiger partial charge >= 0.3 is 0 Å². The molecule has 0 fully saturated rings. The second-order valence-electron chi connectivity index (χ2n) is 7.24. The summed E-state index contributed by atoms with van der Waals surface area (Å²) >= 11 is 0. The van der Waals surface area contributed by atoms with Crippen molar-refractivity contribution >= 4 is 0 Å². The molecule has 0 aromatic heterocycles. The van der Waals surface area contributed by atoms with Crippen LogP contribution in [-0.4, -0.2) is 36.4 Å². The number of ether oxygens (including phenoxy) is 2. The normalized spacial score (nSPS) is 12.0. The topological polar surface area (TPSA) is 41.9 Å². The minimum Gasteiger partial charge on any atom is -0.497 e. The first-order valence-electron chi connectivity index (χ1n) is 9.90. The van der Waals surface area contributed by atoms with Gasteiger partial charge in [0.15, 0.2) is 0 Å². The van der Waals surface area contributed by atoms with Crippen LogP contribution in [0, 0.1) is 6.92 Å². The largest absolute Gasteiger partial charge is 0.497 e. The molecule has 4 heteroatoms. The van der Waals surface area contributed by atoms with E-state index in [4.69, 9.17) is 9.47 Å². The number of aliphatic hydroxyl groups is 1. The fraction of sp³-hybridized carbons (Fsp3) is 0.280. The number of benzene rings is 3. The first kappa shape index (κ1) is 20.9. The predicted octanol–water partition coefficient (Wildman–Crippen LogP) is 4.45. The number of hydrogen-bond acceptors (Lipinski definition) is 4. The van der Waals surface area contributed by atoms with Crippen molar-refractivity contribution in [3.63, 3.8) is 0 Å². The van der Waals surface area contributed by atoms with Crippen LogP contribution in [0.2, 0.25) is 0 Å². The van der Waals surface area contributed by atoms with Crippen LogP contribution in [-0.2, 0) is 13.1 Å². The van der Waals surface area contributed by atoms with Crippen molar-refractivity contribution in [2.75, 3.05) is 20.3 Å². The summed E-state index contributed by atoms with van der Waals surface area (Å²) < 4.78 is 11.2. The third-order valence-electron chi connectivity index (χ3n) is 4.78. The molecule has 3 aromatic carbocycles. The number of methoxy groups -OCH3 is 1. The standard InChI is InChI=1S/C25H29NO3/c1-20-9-6-7-14-25(20)29-19-23(27)18-26(16-21-10-4-3-5-11-21)17-22-12-8-13-24(15-22)28-2/h3-15,23,27H,16-19H2,1-2H3. The Morgan fingerprint density at radius 2 is 1.55 bits per heavy atom. The molecule has 152 valence electrons. The zero-order valence-electron chi connectivity index (χ0n) is 17.1.